The Morgan fingerprint density at radius 1 is 1.09 bits per heavy atom. The number of carbonyl (C=O) groups is 1. The Labute approximate surface area is 193 Å². The average Bonchev–Trinajstić information content (AvgIpc) is 2.71. The Hall–Kier alpha value is -1.49. The maximum atomic E-state index is 13.5. The molecule has 0 atom stereocenters. The third-order valence-electron chi connectivity index (χ3n) is 5.59. The molecule has 0 saturated carbocycles. The van der Waals surface area contributed by atoms with Crippen LogP contribution in [-0.2, 0) is 31.4 Å². The highest BCUT2D eigenvalue weighted by atomic mass is 32.2. The lowest BCUT2D eigenvalue weighted by Crippen LogP contribution is -2.51. The van der Waals surface area contributed by atoms with Crippen LogP contribution in [0.5, 0.6) is 0 Å². The van der Waals surface area contributed by atoms with E-state index in [1.807, 2.05) is 51.1 Å². The summed E-state index contributed by atoms with van der Waals surface area (Å²) in [4.78, 5) is 15.2. The van der Waals surface area contributed by atoms with E-state index in [0.29, 0.717) is 45.4 Å². The van der Waals surface area contributed by atoms with Gasteiger partial charge in [-0.3, -0.25) is 4.79 Å². The minimum Gasteiger partial charge on any atom is -0.334 e. The van der Waals surface area contributed by atoms with Gasteiger partial charge in [-0.2, -0.15) is 4.31 Å². The minimum absolute atomic E-state index is 0.0123. The third kappa shape index (κ3) is 7.83. The number of nitrogens with zero attached hydrogens (tertiary/aromatic N) is 3. The minimum atomic E-state index is -3.53. The molecule has 2 rings (SSSR count). The predicted octanol–water partition coefficient (Wildman–Crippen LogP) is 2.14. The smallest absolute Gasteiger partial charge is 0.238 e. The van der Waals surface area contributed by atoms with E-state index in [-0.39, 0.29) is 30.2 Å². The Morgan fingerprint density at radius 2 is 1.69 bits per heavy atom. The number of sulfonamides is 2. The molecule has 0 radical (unpaired) electrons. The molecule has 10 heteroatoms. The Bertz CT molecular complexity index is 941. The largest absolute Gasteiger partial charge is 0.334 e. The van der Waals surface area contributed by atoms with Crippen molar-refractivity contribution in [2.75, 3.05) is 38.2 Å². The zero-order valence-electron chi connectivity index (χ0n) is 19.6. The second-order valence-electron chi connectivity index (χ2n) is 8.90. The van der Waals surface area contributed by atoms with Crippen molar-refractivity contribution in [3.05, 3.63) is 35.9 Å². The van der Waals surface area contributed by atoms with Gasteiger partial charge in [-0.15, -0.1) is 0 Å². The number of amides is 1. The van der Waals surface area contributed by atoms with Gasteiger partial charge in [-0.1, -0.05) is 51.1 Å². The molecule has 1 heterocycles. The maximum Gasteiger partial charge on any atom is 0.238 e. The van der Waals surface area contributed by atoms with E-state index in [0.717, 1.165) is 5.56 Å². The van der Waals surface area contributed by atoms with E-state index in [9.17, 15) is 21.6 Å². The Kier molecular flexibility index (Phi) is 9.68. The van der Waals surface area contributed by atoms with Crippen LogP contribution in [0.3, 0.4) is 0 Å². The fourth-order valence-electron chi connectivity index (χ4n) is 4.00. The number of hydrogen-bond donors (Lipinski definition) is 0. The molecule has 1 aliphatic rings. The SMILES string of the molecule is CCCS(=O)(=O)N(CC(=O)N(Cc1ccccc1)C1CCN(S(C)(=O)=O)CC1)CC(C)C. The Balaban J connectivity index is 2.24. The molecule has 0 N–H and O–H groups in total. The first-order valence-electron chi connectivity index (χ1n) is 11.2. The predicted molar refractivity (Wildman–Crippen MR) is 127 cm³/mol. The van der Waals surface area contributed by atoms with Gasteiger partial charge in [0.15, 0.2) is 0 Å². The fourth-order valence-corrected chi connectivity index (χ4v) is 6.48. The molecule has 0 aromatic heterocycles. The second-order valence-corrected chi connectivity index (χ2v) is 13.0. The highest BCUT2D eigenvalue weighted by Gasteiger charge is 2.33. The topological polar surface area (TPSA) is 95.1 Å². The van der Waals surface area contributed by atoms with Gasteiger partial charge in [-0.25, -0.2) is 21.1 Å². The molecule has 0 bridgehead atoms. The van der Waals surface area contributed by atoms with Gasteiger partial charge in [0.25, 0.3) is 0 Å². The molecular weight excluding hydrogens is 450 g/mol. The summed E-state index contributed by atoms with van der Waals surface area (Å²) in [7, 11) is -6.80. The monoisotopic (exact) mass is 487 g/mol. The first-order chi connectivity index (χ1) is 14.9. The summed E-state index contributed by atoms with van der Waals surface area (Å²) < 4.78 is 52.1. The summed E-state index contributed by atoms with van der Waals surface area (Å²) in [5, 5.41) is 0. The van der Waals surface area contributed by atoms with E-state index in [1.54, 1.807) is 4.90 Å². The number of rotatable bonds is 11. The number of carbonyl (C=O) groups excluding carboxylic acids is 1. The van der Waals surface area contributed by atoms with Gasteiger partial charge in [0, 0.05) is 32.2 Å². The summed E-state index contributed by atoms with van der Waals surface area (Å²) in [6.45, 7) is 6.84. The highest BCUT2D eigenvalue weighted by molar-refractivity contribution is 7.89. The van der Waals surface area contributed by atoms with Crippen LogP contribution in [0.2, 0.25) is 0 Å². The van der Waals surface area contributed by atoms with Crippen molar-refractivity contribution in [2.45, 2.75) is 52.6 Å². The van der Waals surface area contributed by atoms with Crippen molar-refractivity contribution in [3.63, 3.8) is 0 Å². The lowest BCUT2D eigenvalue weighted by molar-refractivity contribution is -0.135. The molecule has 1 amide bonds. The first kappa shape index (κ1) is 26.8. The summed E-state index contributed by atoms with van der Waals surface area (Å²) in [6.07, 6.45) is 2.74. The van der Waals surface area contributed by atoms with Crippen molar-refractivity contribution in [1.82, 2.24) is 13.5 Å². The second kappa shape index (κ2) is 11.6. The van der Waals surface area contributed by atoms with E-state index in [4.69, 9.17) is 0 Å². The lowest BCUT2D eigenvalue weighted by Gasteiger charge is -2.38. The van der Waals surface area contributed by atoms with Gasteiger partial charge in [0.1, 0.15) is 0 Å². The van der Waals surface area contributed by atoms with Crippen molar-refractivity contribution in [3.8, 4) is 0 Å². The van der Waals surface area contributed by atoms with Crippen LogP contribution in [0.1, 0.15) is 45.6 Å². The molecule has 1 fully saturated rings. The summed E-state index contributed by atoms with van der Waals surface area (Å²) in [6, 6.07) is 9.44. The van der Waals surface area contributed by atoms with Crippen LogP contribution in [0.25, 0.3) is 0 Å². The number of benzene rings is 1. The van der Waals surface area contributed by atoms with Crippen LogP contribution in [-0.4, -0.2) is 80.5 Å². The van der Waals surface area contributed by atoms with Gasteiger partial charge < -0.3 is 4.90 Å². The molecule has 1 saturated heterocycles. The summed E-state index contributed by atoms with van der Waals surface area (Å²) >= 11 is 0. The molecule has 1 aromatic carbocycles. The standard InChI is InChI=1S/C22H37N3O5S2/c1-5-15-32(29,30)24(16-19(2)3)18-22(26)25(17-20-9-7-6-8-10-20)21-11-13-23(14-12-21)31(4,27)28/h6-10,19,21H,5,11-18H2,1-4H3. The molecule has 0 aliphatic carbocycles. The maximum absolute atomic E-state index is 13.5. The van der Waals surface area contributed by atoms with E-state index >= 15 is 0 Å². The summed E-state index contributed by atoms with van der Waals surface area (Å²) in [5.74, 6) is -0.139. The Morgan fingerprint density at radius 3 is 2.19 bits per heavy atom. The third-order valence-corrected chi connectivity index (χ3v) is 8.88. The van der Waals surface area contributed by atoms with Crippen molar-refractivity contribution in [1.29, 1.82) is 0 Å². The van der Waals surface area contributed by atoms with E-state index < -0.39 is 20.0 Å². The van der Waals surface area contributed by atoms with Crippen molar-refractivity contribution in [2.24, 2.45) is 5.92 Å². The number of piperidine rings is 1. The zero-order chi connectivity index (χ0) is 23.9. The summed E-state index contributed by atoms with van der Waals surface area (Å²) in [5.41, 5.74) is 0.957. The van der Waals surface area contributed by atoms with Crippen LogP contribution >= 0.6 is 0 Å². The first-order valence-corrected chi connectivity index (χ1v) is 14.7. The van der Waals surface area contributed by atoms with Crippen LogP contribution < -0.4 is 0 Å². The van der Waals surface area contributed by atoms with Crippen LogP contribution in [0.4, 0.5) is 0 Å². The van der Waals surface area contributed by atoms with Gasteiger partial charge >= 0.3 is 0 Å². The van der Waals surface area contributed by atoms with E-state index in [2.05, 4.69) is 0 Å². The van der Waals surface area contributed by atoms with Crippen molar-refractivity contribution < 1.29 is 21.6 Å². The van der Waals surface area contributed by atoms with Crippen molar-refractivity contribution >= 4 is 26.0 Å². The fraction of sp³-hybridized carbons (Fsp3) is 0.682. The van der Waals surface area contributed by atoms with Gasteiger partial charge in [0.05, 0.1) is 18.6 Å². The van der Waals surface area contributed by atoms with Crippen LogP contribution in [0, 0.1) is 5.92 Å². The molecule has 1 aromatic rings. The molecular formula is C22H37N3O5S2. The van der Waals surface area contributed by atoms with Gasteiger partial charge in [-0.05, 0) is 30.7 Å². The molecule has 0 spiro atoms. The lowest BCUT2D eigenvalue weighted by atomic mass is 10.0. The molecule has 182 valence electrons. The molecule has 32 heavy (non-hydrogen) atoms. The molecule has 1 aliphatic heterocycles. The van der Waals surface area contributed by atoms with Crippen LogP contribution in [0.15, 0.2) is 30.3 Å². The zero-order valence-corrected chi connectivity index (χ0v) is 21.2. The van der Waals surface area contributed by atoms with Gasteiger partial charge in [0.2, 0.25) is 26.0 Å². The average molecular weight is 488 g/mol. The normalized spacial score (nSPS) is 16.6. The molecule has 0 unspecified atom stereocenters. The number of hydrogen-bond acceptors (Lipinski definition) is 5. The quantitative estimate of drug-likeness (QED) is 0.477. The van der Waals surface area contributed by atoms with E-state index in [1.165, 1.54) is 14.9 Å². The molecule has 8 nitrogen and oxygen atoms in total. The highest BCUT2D eigenvalue weighted by Crippen LogP contribution is 2.22.